The van der Waals surface area contributed by atoms with Gasteiger partial charge in [0.2, 0.25) is 0 Å². The molecule has 1 amide bonds. The van der Waals surface area contributed by atoms with E-state index in [1.54, 1.807) is 24.6 Å². The lowest BCUT2D eigenvalue weighted by Crippen LogP contribution is -2.57. The Balaban J connectivity index is 2.94. The van der Waals surface area contributed by atoms with Crippen molar-refractivity contribution in [3.05, 3.63) is 23.9 Å². The van der Waals surface area contributed by atoms with E-state index in [0.717, 1.165) is 0 Å². The predicted molar refractivity (Wildman–Crippen MR) is 67.5 cm³/mol. The van der Waals surface area contributed by atoms with E-state index >= 15 is 0 Å². The van der Waals surface area contributed by atoms with E-state index in [2.05, 4.69) is 10.3 Å². The van der Waals surface area contributed by atoms with Crippen LogP contribution in [0.2, 0.25) is 0 Å². The number of hydrogen-bond acceptors (Lipinski definition) is 6. The fourth-order valence-electron chi connectivity index (χ4n) is 1.30. The van der Waals surface area contributed by atoms with Gasteiger partial charge in [0.25, 0.3) is 5.91 Å². The fraction of sp³-hybridized carbons (Fsp3) is 0.455. The van der Waals surface area contributed by atoms with Crippen molar-refractivity contribution in [2.24, 2.45) is 0 Å². The van der Waals surface area contributed by atoms with Gasteiger partial charge < -0.3 is 20.6 Å². The normalized spacial score (nSPS) is 11.3. The van der Waals surface area contributed by atoms with Gasteiger partial charge >= 0.3 is 0 Å². The van der Waals surface area contributed by atoms with Crippen LogP contribution < -0.4 is 5.32 Å². The Hall–Kier alpha value is -1.15. The fourth-order valence-corrected chi connectivity index (χ4v) is 1.85. The van der Waals surface area contributed by atoms with E-state index < -0.39 is 31.3 Å². The highest BCUT2D eigenvalue weighted by Gasteiger charge is 2.31. The summed E-state index contributed by atoms with van der Waals surface area (Å²) in [5.74, 6) is -0.496. The molecule has 6 nitrogen and oxygen atoms in total. The molecular weight excluding hydrogens is 256 g/mol. The molecule has 0 spiro atoms. The van der Waals surface area contributed by atoms with Crippen LogP contribution in [0.1, 0.15) is 10.4 Å². The van der Waals surface area contributed by atoms with Crippen molar-refractivity contribution in [1.82, 2.24) is 10.3 Å². The Kier molecular flexibility index (Phi) is 5.54. The molecule has 0 aliphatic rings. The lowest BCUT2D eigenvalue weighted by molar-refractivity contribution is 0.0373. The van der Waals surface area contributed by atoms with Gasteiger partial charge in [0.1, 0.15) is 10.6 Å². The molecule has 1 rings (SSSR count). The van der Waals surface area contributed by atoms with Gasteiger partial charge in [-0.15, -0.1) is 11.8 Å². The number of aliphatic hydroxyl groups is 3. The second-order valence-corrected chi connectivity index (χ2v) is 4.56. The molecule has 100 valence electrons. The largest absolute Gasteiger partial charge is 0.394 e. The van der Waals surface area contributed by atoms with Gasteiger partial charge in [-0.2, -0.15) is 0 Å². The molecule has 0 aromatic carbocycles. The van der Waals surface area contributed by atoms with Crippen molar-refractivity contribution in [2.75, 3.05) is 26.1 Å². The second-order valence-electron chi connectivity index (χ2n) is 3.77. The maximum absolute atomic E-state index is 12.0. The molecule has 0 fully saturated rings. The zero-order valence-corrected chi connectivity index (χ0v) is 10.8. The van der Waals surface area contributed by atoms with Crippen LogP contribution in [0, 0.1) is 0 Å². The molecule has 7 heteroatoms. The lowest BCUT2D eigenvalue weighted by atomic mass is 10.0. The number of nitrogens with zero attached hydrogens (tertiary/aromatic N) is 1. The number of aliphatic hydroxyl groups excluding tert-OH is 3. The quantitative estimate of drug-likeness (QED) is 0.508. The molecule has 0 aliphatic carbocycles. The number of thioether (sulfide) groups is 1. The summed E-state index contributed by atoms with van der Waals surface area (Å²) >= 11 is 1.31. The molecule has 1 aromatic heterocycles. The van der Waals surface area contributed by atoms with Gasteiger partial charge in [-0.1, -0.05) is 0 Å². The Bertz CT molecular complexity index is 402. The molecule has 18 heavy (non-hydrogen) atoms. The molecule has 1 heterocycles. The molecule has 0 saturated heterocycles. The number of aromatic nitrogens is 1. The minimum Gasteiger partial charge on any atom is -0.394 e. The van der Waals surface area contributed by atoms with Crippen molar-refractivity contribution < 1.29 is 20.1 Å². The zero-order chi connectivity index (χ0) is 13.6. The summed E-state index contributed by atoms with van der Waals surface area (Å²) in [7, 11) is 0. The van der Waals surface area contributed by atoms with Crippen LogP contribution in [0.15, 0.2) is 23.4 Å². The summed E-state index contributed by atoms with van der Waals surface area (Å²) in [5.41, 5.74) is -1.09. The molecule has 1 aromatic rings. The van der Waals surface area contributed by atoms with Crippen LogP contribution in [-0.2, 0) is 0 Å². The van der Waals surface area contributed by atoms with Gasteiger partial charge in [-0.05, 0) is 18.4 Å². The number of carbonyl (C=O) groups excluding carboxylic acids is 1. The standard InChI is InChI=1S/C11H16N2O4S/c1-18-10-8(3-2-4-12-10)9(17)13-11(5-14,6-15)7-16/h2-4,14-16H,5-7H2,1H3,(H,13,17). The maximum Gasteiger partial charge on any atom is 0.254 e. The van der Waals surface area contributed by atoms with E-state index in [4.69, 9.17) is 15.3 Å². The third kappa shape index (κ3) is 3.20. The number of pyridine rings is 1. The minimum absolute atomic E-state index is 0.338. The zero-order valence-electron chi connectivity index (χ0n) is 9.96. The van der Waals surface area contributed by atoms with Gasteiger partial charge in [0, 0.05) is 6.20 Å². The number of nitrogens with one attached hydrogen (secondary N) is 1. The maximum atomic E-state index is 12.0. The number of amides is 1. The van der Waals surface area contributed by atoms with E-state index in [1.165, 1.54) is 11.8 Å². The lowest BCUT2D eigenvalue weighted by Gasteiger charge is -2.28. The summed E-state index contributed by atoms with van der Waals surface area (Å²) in [4.78, 5) is 16.1. The first-order valence-electron chi connectivity index (χ1n) is 5.26. The van der Waals surface area contributed by atoms with Crippen molar-refractivity contribution >= 4 is 17.7 Å². The second kappa shape index (κ2) is 6.69. The van der Waals surface area contributed by atoms with Crippen LogP contribution in [0.3, 0.4) is 0 Å². The molecule has 0 saturated carbocycles. The molecule has 4 N–H and O–H groups in total. The first kappa shape index (κ1) is 14.9. The van der Waals surface area contributed by atoms with Crippen molar-refractivity contribution in [3.8, 4) is 0 Å². The van der Waals surface area contributed by atoms with Gasteiger partial charge in [-0.3, -0.25) is 4.79 Å². The average molecular weight is 272 g/mol. The number of rotatable bonds is 6. The number of hydrogen-bond donors (Lipinski definition) is 4. The highest BCUT2D eigenvalue weighted by Crippen LogP contribution is 2.17. The molecule has 0 bridgehead atoms. The molecule has 0 unspecified atom stereocenters. The third-order valence-corrected chi connectivity index (χ3v) is 3.21. The van der Waals surface area contributed by atoms with E-state index in [1.807, 2.05) is 0 Å². The smallest absolute Gasteiger partial charge is 0.254 e. The number of carbonyl (C=O) groups is 1. The molecule has 0 radical (unpaired) electrons. The van der Waals surface area contributed by atoms with Crippen molar-refractivity contribution in [1.29, 1.82) is 0 Å². The molecule has 0 aliphatic heterocycles. The van der Waals surface area contributed by atoms with Crippen LogP contribution in [0.5, 0.6) is 0 Å². The van der Waals surface area contributed by atoms with E-state index in [0.29, 0.717) is 10.6 Å². The van der Waals surface area contributed by atoms with E-state index in [9.17, 15) is 4.79 Å². The minimum atomic E-state index is -1.43. The van der Waals surface area contributed by atoms with Crippen LogP contribution in [-0.4, -0.2) is 57.8 Å². The van der Waals surface area contributed by atoms with Crippen LogP contribution in [0.4, 0.5) is 0 Å². The SMILES string of the molecule is CSc1ncccc1C(=O)NC(CO)(CO)CO. The van der Waals surface area contributed by atoms with Gasteiger partial charge in [0.05, 0.1) is 25.4 Å². The predicted octanol–water partition coefficient (Wildman–Crippen LogP) is -0.751. The molecule has 0 atom stereocenters. The summed E-state index contributed by atoms with van der Waals surface area (Å²) < 4.78 is 0. The van der Waals surface area contributed by atoms with Crippen molar-refractivity contribution in [3.63, 3.8) is 0 Å². The van der Waals surface area contributed by atoms with Gasteiger partial charge in [-0.25, -0.2) is 4.98 Å². The van der Waals surface area contributed by atoms with Crippen LogP contribution in [0.25, 0.3) is 0 Å². The highest BCUT2D eigenvalue weighted by molar-refractivity contribution is 7.98. The Morgan fingerprint density at radius 1 is 1.39 bits per heavy atom. The first-order chi connectivity index (χ1) is 8.62. The Morgan fingerprint density at radius 3 is 2.50 bits per heavy atom. The first-order valence-corrected chi connectivity index (χ1v) is 6.49. The van der Waals surface area contributed by atoms with Crippen molar-refractivity contribution in [2.45, 2.75) is 10.6 Å². The molecular formula is C11H16N2O4S. The van der Waals surface area contributed by atoms with Gasteiger partial charge in [0.15, 0.2) is 0 Å². The Labute approximate surface area is 109 Å². The third-order valence-electron chi connectivity index (χ3n) is 2.50. The highest BCUT2D eigenvalue weighted by atomic mass is 32.2. The summed E-state index contributed by atoms with van der Waals surface area (Å²) in [5, 5.41) is 30.4. The monoisotopic (exact) mass is 272 g/mol. The average Bonchev–Trinajstić information content (AvgIpc) is 2.44. The van der Waals surface area contributed by atoms with Crippen LogP contribution >= 0.6 is 11.8 Å². The Morgan fingerprint density at radius 2 is 2.00 bits per heavy atom. The topological polar surface area (TPSA) is 103 Å². The summed E-state index contributed by atoms with van der Waals surface area (Å²) in [6.07, 6.45) is 3.36. The summed E-state index contributed by atoms with van der Waals surface area (Å²) in [6.45, 7) is -1.66. The summed E-state index contributed by atoms with van der Waals surface area (Å²) in [6, 6.07) is 3.21. The van der Waals surface area contributed by atoms with E-state index in [-0.39, 0.29) is 0 Å².